The Bertz CT molecular complexity index is 1200. The van der Waals surface area contributed by atoms with E-state index in [9.17, 15) is 10.1 Å². The fourth-order valence-electron chi connectivity index (χ4n) is 3.13. The Labute approximate surface area is 156 Å². The number of nitrogens with zero attached hydrogens (tertiary/aromatic N) is 2. The summed E-state index contributed by atoms with van der Waals surface area (Å²) in [6, 6.07) is 24.7. The van der Waals surface area contributed by atoms with Crippen LogP contribution in [0.15, 0.2) is 90.0 Å². The highest BCUT2D eigenvalue weighted by atomic mass is 16.1. The van der Waals surface area contributed by atoms with E-state index in [2.05, 4.69) is 16.0 Å². The molecule has 0 bridgehead atoms. The van der Waals surface area contributed by atoms with Crippen LogP contribution in [-0.2, 0) is 0 Å². The van der Waals surface area contributed by atoms with Crippen molar-refractivity contribution in [2.24, 2.45) is 0 Å². The maximum absolute atomic E-state index is 12.6. The Morgan fingerprint density at radius 1 is 0.815 bits per heavy atom. The van der Waals surface area contributed by atoms with Crippen LogP contribution in [0.3, 0.4) is 0 Å². The number of aromatic amines is 1. The lowest BCUT2D eigenvalue weighted by Gasteiger charge is -2.12. The Morgan fingerprint density at radius 2 is 1.48 bits per heavy atom. The standard InChI is InChI=1S/C23H15N3O/c24-14-16-7-1-2-8-18(16)19-9-3-4-10-20(19)21-13-17(15-26-23(21)27)22-11-5-6-12-25-22/h1-13,15H,(H,26,27). The van der Waals surface area contributed by atoms with Crippen molar-refractivity contribution >= 4 is 0 Å². The van der Waals surface area contributed by atoms with E-state index in [0.717, 1.165) is 27.9 Å². The topological polar surface area (TPSA) is 69.5 Å². The lowest BCUT2D eigenvalue weighted by atomic mass is 9.92. The molecule has 27 heavy (non-hydrogen) atoms. The number of aromatic nitrogens is 2. The van der Waals surface area contributed by atoms with Crippen molar-refractivity contribution in [1.82, 2.24) is 9.97 Å². The molecular weight excluding hydrogens is 334 g/mol. The maximum atomic E-state index is 12.6. The molecular formula is C23H15N3O. The summed E-state index contributed by atoms with van der Waals surface area (Å²) < 4.78 is 0. The Morgan fingerprint density at radius 3 is 2.19 bits per heavy atom. The van der Waals surface area contributed by atoms with Crippen molar-refractivity contribution in [3.05, 3.63) is 101 Å². The van der Waals surface area contributed by atoms with Crippen LogP contribution in [0.1, 0.15) is 5.56 Å². The summed E-state index contributed by atoms with van der Waals surface area (Å²) >= 11 is 0. The van der Waals surface area contributed by atoms with Gasteiger partial charge in [0.25, 0.3) is 5.56 Å². The third-order valence-corrected chi connectivity index (χ3v) is 4.42. The van der Waals surface area contributed by atoms with Crippen LogP contribution >= 0.6 is 0 Å². The van der Waals surface area contributed by atoms with Crippen molar-refractivity contribution in [2.75, 3.05) is 0 Å². The van der Waals surface area contributed by atoms with Crippen LogP contribution in [0.4, 0.5) is 0 Å². The number of hydrogen-bond acceptors (Lipinski definition) is 3. The second kappa shape index (κ2) is 7.11. The fourth-order valence-corrected chi connectivity index (χ4v) is 3.13. The highest BCUT2D eigenvalue weighted by Crippen LogP contribution is 2.33. The van der Waals surface area contributed by atoms with Gasteiger partial charge in [-0.2, -0.15) is 5.26 Å². The maximum Gasteiger partial charge on any atom is 0.255 e. The largest absolute Gasteiger partial charge is 0.328 e. The first kappa shape index (κ1) is 16.5. The van der Waals surface area contributed by atoms with Crippen molar-refractivity contribution < 1.29 is 0 Å². The molecule has 4 heteroatoms. The van der Waals surface area contributed by atoms with E-state index >= 15 is 0 Å². The van der Waals surface area contributed by atoms with Gasteiger partial charge in [-0.25, -0.2) is 0 Å². The molecule has 0 unspecified atom stereocenters. The number of pyridine rings is 2. The summed E-state index contributed by atoms with van der Waals surface area (Å²) in [5.41, 5.74) is 4.97. The van der Waals surface area contributed by atoms with Crippen LogP contribution < -0.4 is 5.56 Å². The van der Waals surface area contributed by atoms with E-state index in [-0.39, 0.29) is 5.56 Å². The lowest BCUT2D eigenvalue weighted by Crippen LogP contribution is -2.09. The average molecular weight is 349 g/mol. The smallest absolute Gasteiger partial charge is 0.255 e. The molecule has 128 valence electrons. The molecule has 4 nitrogen and oxygen atoms in total. The molecule has 4 rings (SSSR count). The van der Waals surface area contributed by atoms with Gasteiger partial charge in [0.2, 0.25) is 0 Å². The summed E-state index contributed by atoms with van der Waals surface area (Å²) in [5.74, 6) is 0. The molecule has 0 fully saturated rings. The monoisotopic (exact) mass is 349 g/mol. The Kier molecular flexibility index (Phi) is 4.34. The predicted octanol–water partition coefficient (Wildman–Crippen LogP) is 4.64. The molecule has 0 spiro atoms. The zero-order valence-electron chi connectivity index (χ0n) is 14.4. The minimum atomic E-state index is -0.184. The number of rotatable bonds is 3. The highest BCUT2D eigenvalue weighted by molar-refractivity contribution is 5.86. The summed E-state index contributed by atoms with van der Waals surface area (Å²) in [7, 11) is 0. The van der Waals surface area contributed by atoms with Crippen LogP contribution in [0, 0.1) is 11.3 Å². The van der Waals surface area contributed by atoms with Gasteiger partial charge in [-0.1, -0.05) is 48.5 Å². The predicted molar refractivity (Wildman–Crippen MR) is 106 cm³/mol. The zero-order valence-corrected chi connectivity index (χ0v) is 14.4. The molecule has 0 atom stereocenters. The van der Waals surface area contributed by atoms with Gasteiger partial charge in [-0.3, -0.25) is 9.78 Å². The van der Waals surface area contributed by atoms with Crippen molar-refractivity contribution in [2.45, 2.75) is 0 Å². The Hall–Kier alpha value is -3.97. The van der Waals surface area contributed by atoms with E-state index in [0.29, 0.717) is 11.1 Å². The summed E-state index contributed by atoms with van der Waals surface area (Å²) in [4.78, 5) is 19.8. The number of nitrogens with one attached hydrogen (secondary N) is 1. The highest BCUT2D eigenvalue weighted by Gasteiger charge is 2.14. The van der Waals surface area contributed by atoms with Gasteiger partial charge in [0.15, 0.2) is 0 Å². The number of hydrogen-bond donors (Lipinski definition) is 1. The molecule has 0 amide bonds. The first-order chi connectivity index (χ1) is 13.3. The van der Waals surface area contributed by atoms with Gasteiger partial charge in [0.1, 0.15) is 0 Å². The summed E-state index contributed by atoms with van der Waals surface area (Å²) in [6.07, 6.45) is 3.39. The molecule has 2 aromatic heterocycles. The molecule has 0 aliphatic heterocycles. The third-order valence-electron chi connectivity index (χ3n) is 4.42. The molecule has 0 saturated carbocycles. The zero-order chi connectivity index (χ0) is 18.6. The normalized spacial score (nSPS) is 10.3. The quantitative estimate of drug-likeness (QED) is 0.586. The van der Waals surface area contributed by atoms with Crippen LogP contribution in [0.5, 0.6) is 0 Å². The summed E-state index contributed by atoms with van der Waals surface area (Å²) in [5, 5.41) is 9.46. The van der Waals surface area contributed by atoms with Crippen LogP contribution in [-0.4, -0.2) is 9.97 Å². The first-order valence-corrected chi connectivity index (χ1v) is 8.51. The van der Waals surface area contributed by atoms with Gasteiger partial charge in [-0.05, 0) is 35.4 Å². The number of H-pyrrole nitrogens is 1. The van der Waals surface area contributed by atoms with E-state index in [1.54, 1.807) is 18.5 Å². The van der Waals surface area contributed by atoms with Gasteiger partial charge < -0.3 is 4.98 Å². The van der Waals surface area contributed by atoms with Crippen molar-refractivity contribution in [1.29, 1.82) is 5.26 Å². The molecule has 1 N–H and O–H groups in total. The molecule has 0 saturated heterocycles. The number of nitriles is 1. The SMILES string of the molecule is N#Cc1ccccc1-c1ccccc1-c1cc(-c2ccccn2)c[nH]c1=O. The van der Waals surface area contributed by atoms with Crippen LogP contribution in [0.25, 0.3) is 33.5 Å². The molecule has 0 radical (unpaired) electrons. The van der Waals surface area contributed by atoms with E-state index in [1.807, 2.05) is 66.7 Å². The molecule has 0 aliphatic rings. The second-order valence-electron chi connectivity index (χ2n) is 6.05. The fraction of sp³-hybridized carbons (Fsp3) is 0. The second-order valence-corrected chi connectivity index (χ2v) is 6.05. The minimum absolute atomic E-state index is 0.184. The molecule has 4 aromatic rings. The first-order valence-electron chi connectivity index (χ1n) is 8.51. The molecule has 2 heterocycles. The van der Waals surface area contributed by atoms with Crippen molar-refractivity contribution in [3.8, 4) is 39.6 Å². The molecule has 0 aliphatic carbocycles. The average Bonchev–Trinajstić information content (AvgIpc) is 2.75. The van der Waals surface area contributed by atoms with Gasteiger partial charge in [0, 0.05) is 29.1 Å². The van der Waals surface area contributed by atoms with Gasteiger partial charge in [0.05, 0.1) is 17.3 Å². The minimum Gasteiger partial charge on any atom is -0.328 e. The van der Waals surface area contributed by atoms with E-state index in [1.165, 1.54) is 0 Å². The van der Waals surface area contributed by atoms with Gasteiger partial charge >= 0.3 is 0 Å². The summed E-state index contributed by atoms with van der Waals surface area (Å²) in [6.45, 7) is 0. The third kappa shape index (κ3) is 3.14. The van der Waals surface area contributed by atoms with E-state index < -0.39 is 0 Å². The van der Waals surface area contributed by atoms with Gasteiger partial charge in [-0.15, -0.1) is 0 Å². The molecule has 2 aromatic carbocycles. The van der Waals surface area contributed by atoms with E-state index in [4.69, 9.17) is 0 Å². The van der Waals surface area contributed by atoms with Crippen molar-refractivity contribution in [3.63, 3.8) is 0 Å². The Balaban J connectivity index is 1.94. The number of benzene rings is 2. The lowest BCUT2D eigenvalue weighted by molar-refractivity contribution is 1.22. The van der Waals surface area contributed by atoms with Crippen LogP contribution in [0.2, 0.25) is 0 Å².